The zero-order valence-corrected chi connectivity index (χ0v) is 10.8. The van der Waals surface area contributed by atoms with Gasteiger partial charge in [-0.05, 0) is 6.92 Å². The molecule has 0 saturated carbocycles. The van der Waals surface area contributed by atoms with Crippen LogP contribution in [-0.2, 0) is 21.6 Å². The van der Waals surface area contributed by atoms with Crippen molar-refractivity contribution < 1.29 is 14.6 Å². The predicted octanol–water partition coefficient (Wildman–Crippen LogP) is 2.43. The summed E-state index contributed by atoms with van der Waals surface area (Å²) in [6.45, 7) is 8.04. The van der Waals surface area contributed by atoms with Crippen LogP contribution in [0, 0.1) is 0 Å². The monoisotopic (exact) mass is 243 g/mol. The number of carbonyl (C=O) groups is 1. The fraction of sp³-hybridized carbons (Fsp3) is 0.636. The molecule has 16 heavy (non-hydrogen) atoms. The van der Waals surface area contributed by atoms with Crippen LogP contribution in [0.1, 0.15) is 38.4 Å². The van der Waals surface area contributed by atoms with Crippen LogP contribution in [0.15, 0.2) is 5.38 Å². The van der Waals surface area contributed by atoms with Gasteiger partial charge in [0.2, 0.25) is 0 Å². The minimum absolute atomic E-state index is 0.0291. The first-order valence-corrected chi connectivity index (χ1v) is 5.98. The molecule has 0 bridgehead atoms. The van der Waals surface area contributed by atoms with Crippen molar-refractivity contribution in [3.05, 3.63) is 16.1 Å². The van der Waals surface area contributed by atoms with Gasteiger partial charge in [-0.1, -0.05) is 20.8 Å². The van der Waals surface area contributed by atoms with Crippen molar-refractivity contribution in [1.82, 2.24) is 4.98 Å². The summed E-state index contributed by atoms with van der Waals surface area (Å²) in [5.41, 5.74) is 0.824. The summed E-state index contributed by atoms with van der Waals surface area (Å²) in [5, 5.41) is 11.6. The molecule has 0 radical (unpaired) electrons. The lowest BCUT2D eigenvalue weighted by molar-refractivity contribution is -0.149. The Hall–Kier alpha value is -0.940. The average molecular weight is 243 g/mol. The van der Waals surface area contributed by atoms with E-state index in [1.54, 1.807) is 11.3 Å². The highest BCUT2D eigenvalue weighted by Crippen LogP contribution is 2.25. The van der Waals surface area contributed by atoms with Gasteiger partial charge in [-0.25, -0.2) is 9.78 Å². The summed E-state index contributed by atoms with van der Waals surface area (Å²) in [6.07, 6.45) is -0.792. The number of aliphatic carboxylic acids is 1. The molecule has 0 aromatic carbocycles. The van der Waals surface area contributed by atoms with Crippen molar-refractivity contribution >= 4 is 17.3 Å². The number of hydrogen-bond donors (Lipinski definition) is 1. The van der Waals surface area contributed by atoms with Crippen LogP contribution in [0.3, 0.4) is 0 Å². The molecular formula is C11H17NO3S. The Morgan fingerprint density at radius 1 is 1.62 bits per heavy atom. The van der Waals surface area contributed by atoms with E-state index in [4.69, 9.17) is 9.84 Å². The molecule has 0 amide bonds. The molecule has 0 spiro atoms. The van der Waals surface area contributed by atoms with Gasteiger partial charge in [-0.2, -0.15) is 0 Å². The highest BCUT2D eigenvalue weighted by atomic mass is 32.1. The number of aromatic nitrogens is 1. The molecular weight excluding hydrogens is 226 g/mol. The van der Waals surface area contributed by atoms with E-state index >= 15 is 0 Å². The summed E-state index contributed by atoms with van der Waals surface area (Å²) < 4.78 is 5.16. The van der Waals surface area contributed by atoms with Crippen LogP contribution in [0.25, 0.3) is 0 Å². The molecule has 0 unspecified atom stereocenters. The third-order valence-electron chi connectivity index (χ3n) is 2.02. The van der Waals surface area contributed by atoms with Crippen LogP contribution in [-0.4, -0.2) is 22.2 Å². The van der Waals surface area contributed by atoms with Crippen LogP contribution in [0.4, 0.5) is 0 Å². The van der Waals surface area contributed by atoms with Gasteiger partial charge in [0.15, 0.2) is 6.10 Å². The fourth-order valence-corrected chi connectivity index (χ4v) is 1.89. The Labute approximate surface area is 99.3 Å². The maximum absolute atomic E-state index is 10.5. The molecule has 90 valence electrons. The molecule has 1 atom stereocenters. The first-order chi connectivity index (χ1) is 7.30. The lowest BCUT2D eigenvalue weighted by Crippen LogP contribution is -2.19. The molecule has 1 aromatic heterocycles. The predicted molar refractivity (Wildman–Crippen MR) is 62.7 cm³/mol. The Morgan fingerprint density at radius 3 is 2.69 bits per heavy atom. The van der Waals surface area contributed by atoms with Gasteiger partial charge in [0, 0.05) is 10.8 Å². The normalized spacial score (nSPS) is 13.8. The van der Waals surface area contributed by atoms with Crippen molar-refractivity contribution in [2.45, 2.75) is 45.8 Å². The number of rotatable bonds is 4. The number of carboxylic acid groups (broad SMARTS) is 1. The van der Waals surface area contributed by atoms with E-state index in [1.165, 1.54) is 6.92 Å². The van der Waals surface area contributed by atoms with Crippen molar-refractivity contribution in [3.63, 3.8) is 0 Å². The molecule has 0 aliphatic rings. The Bertz CT molecular complexity index is 368. The maximum Gasteiger partial charge on any atom is 0.332 e. The minimum atomic E-state index is -0.953. The van der Waals surface area contributed by atoms with Crippen LogP contribution in [0.5, 0.6) is 0 Å². The van der Waals surface area contributed by atoms with Crippen LogP contribution >= 0.6 is 11.3 Å². The van der Waals surface area contributed by atoms with Gasteiger partial charge < -0.3 is 9.84 Å². The second-order valence-electron chi connectivity index (χ2n) is 4.69. The van der Waals surface area contributed by atoms with Crippen molar-refractivity contribution in [2.75, 3.05) is 0 Å². The third-order valence-corrected chi connectivity index (χ3v) is 3.34. The van der Waals surface area contributed by atoms with Gasteiger partial charge in [-0.15, -0.1) is 11.3 Å². The second-order valence-corrected chi connectivity index (χ2v) is 5.54. The summed E-state index contributed by atoms with van der Waals surface area (Å²) >= 11 is 1.58. The first kappa shape index (κ1) is 13.1. The molecule has 1 aromatic rings. The molecule has 1 rings (SSSR count). The number of hydrogen-bond acceptors (Lipinski definition) is 4. The van der Waals surface area contributed by atoms with Gasteiger partial charge >= 0.3 is 5.97 Å². The fourth-order valence-electron chi connectivity index (χ4n) is 0.999. The Morgan fingerprint density at radius 2 is 2.25 bits per heavy atom. The standard InChI is InChI=1S/C11H17NO3S/c1-7(9(13)14)15-5-8-6-16-10(12-8)11(2,3)4/h6-7H,5H2,1-4H3,(H,13,14)/t7-/m1/s1. The van der Waals surface area contributed by atoms with Gasteiger partial charge in [-0.3, -0.25) is 0 Å². The first-order valence-electron chi connectivity index (χ1n) is 5.10. The topological polar surface area (TPSA) is 59.4 Å². The minimum Gasteiger partial charge on any atom is -0.479 e. The molecule has 4 nitrogen and oxygen atoms in total. The number of nitrogens with zero attached hydrogens (tertiary/aromatic N) is 1. The van der Waals surface area contributed by atoms with Crippen molar-refractivity contribution in [1.29, 1.82) is 0 Å². The maximum atomic E-state index is 10.5. The van der Waals surface area contributed by atoms with Crippen molar-refractivity contribution in [3.8, 4) is 0 Å². The van der Waals surface area contributed by atoms with Crippen LogP contribution < -0.4 is 0 Å². The summed E-state index contributed by atoms with van der Waals surface area (Å²) in [5.74, 6) is -0.953. The zero-order valence-electron chi connectivity index (χ0n) is 9.98. The number of carboxylic acids is 1. The van der Waals surface area contributed by atoms with E-state index in [-0.39, 0.29) is 12.0 Å². The van der Waals surface area contributed by atoms with E-state index in [2.05, 4.69) is 25.8 Å². The average Bonchev–Trinajstić information content (AvgIpc) is 2.61. The molecule has 5 heteroatoms. The number of ether oxygens (including phenoxy) is 1. The van der Waals surface area contributed by atoms with Gasteiger partial charge in [0.25, 0.3) is 0 Å². The van der Waals surface area contributed by atoms with Crippen LogP contribution in [0.2, 0.25) is 0 Å². The molecule has 0 saturated heterocycles. The molecule has 1 heterocycles. The van der Waals surface area contributed by atoms with Crippen molar-refractivity contribution in [2.24, 2.45) is 0 Å². The SMILES string of the molecule is C[C@@H](OCc1csc(C(C)(C)C)n1)C(=O)O. The van der Waals surface area contributed by atoms with Gasteiger partial charge in [0.1, 0.15) is 0 Å². The molecule has 0 aliphatic carbocycles. The second kappa shape index (κ2) is 4.93. The highest BCUT2D eigenvalue weighted by molar-refractivity contribution is 7.09. The largest absolute Gasteiger partial charge is 0.479 e. The van der Waals surface area contributed by atoms with E-state index in [0.717, 1.165) is 10.7 Å². The van der Waals surface area contributed by atoms with Gasteiger partial charge in [0.05, 0.1) is 17.3 Å². The van der Waals surface area contributed by atoms with E-state index in [0.29, 0.717) is 0 Å². The number of thiazole rings is 1. The smallest absolute Gasteiger partial charge is 0.332 e. The zero-order chi connectivity index (χ0) is 12.3. The molecule has 0 aliphatic heterocycles. The lowest BCUT2D eigenvalue weighted by atomic mass is 9.98. The molecule has 0 fully saturated rings. The Kier molecular flexibility index (Phi) is 4.04. The lowest BCUT2D eigenvalue weighted by Gasteiger charge is -2.13. The summed E-state index contributed by atoms with van der Waals surface area (Å²) in [6, 6.07) is 0. The third kappa shape index (κ3) is 3.57. The summed E-state index contributed by atoms with van der Waals surface area (Å²) in [4.78, 5) is 15.0. The molecule has 1 N–H and O–H groups in total. The quantitative estimate of drug-likeness (QED) is 0.882. The van der Waals surface area contributed by atoms with E-state index < -0.39 is 12.1 Å². The summed E-state index contributed by atoms with van der Waals surface area (Å²) in [7, 11) is 0. The highest BCUT2D eigenvalue weighted by Gasteiger charge is 2.18. The van der Waals surface area contributed by atoms with E-state index in [9.17, 15) is 4.79 Å². The van der Waals surface area contributed by atoms with E-state index in [1.807, 2.05) is 5.38 Å². The Balaban J connectivity index is 2.57.